The Morgan fingerprint density at radius 2 is 1.89 bits per heavy atom. The van der Waals surface area contributed by atoms with Gasteiger partial charge in [0.05, 0.1) is 40.0 Å². The average molecular weight is 556 g/mol. The first kappa shape index (κ1) is 25.1. The number of hydrogen-bond donors (Lipinski definition) is 0. The molecule has 2 bridgehead atoms. The van der Waals surface area contributed by atoms with E-state index in [0.29, 0.717) is 17.1 Å². The molecule has 2 aliphatic carbocycles. The van der Waals surface area contributed by atoms with E-state index < -0.39 is 26.6 Å². The average Bonchev–Trinajstić information content (AvgIpc) is 3.41. The maximum absolute atomic E-state index is 14.5. The minimum Gasteiger partial charge on any atom is -0.423 e. The summed E-state index contributed by atoms with van der Waals surface area (Å²) in [5.41, 5.74) is 2.07. The number of fused-ring (bicyclic) bond motifs is 5. The Balaban J connectivity index is 1.46. The van der Waals surface area contributed by atoms with Crippen LogP contribution in [-0.2, 0) is 20.7 Å². The molecule has 4 aromatic rings. The van der Waals surface area contributed by atoms with Crippen molar-refractivity contribution in [2.75, 3.05) is 6.26 Å². The lowest BCUT2D eigenvalue weighted by Gasteiger charge is -2.37. The Labute approximate surface area is 223 Å². The molecule has 6 rings (SSSR count). The SMILES string of the molecule is C=S(C)(=O)Cc1nc(-c2cncc([C@@]34CC[C@@H](c5cc(-c6c(F)cccc6F)nnc53)C4(C)C)n2)oc1Cl. The van der Waals surface area contributed by atoms with E-state index in [0.717, 1.165) is 24.1 Å². The number of halogens is 3. The highest BCUT2D eigenvalue weighted by Gasteiger charge is 2.65. The minimum atomic E-state index is -2.38. The van der Waals surface area contributed by atoms with Crippen LogP contribution in [0.15, 0.2) is 41.1 Å². The molecule has 1 saturated carbocycles. The number of oxazole rings is 1. The topological polar surface area (TPSA) is 94.7 Å². The highest BCUT2D eigenvalue weighted by atomic mass is 35.5. The summed E-state index contributed by atoms with van der Waals surface area (Å²) >= 11 is 6.23. The van der Waals surface area contributed by atoms with E-state index in [2.05, 4.69) is 39.9 Å². The fraction of sp³-hybridized carbons (Fsp3) is 0.333. The molecule has 0 aliphatic heterocycles. The van der Waals surface area contributed by atoms with E-state index >= 15 is 0 Å². The Kier molecular flexibility index (Phi) is 5.53. The third-order valence-electron chi connectivity index (χ3n) is 7.98. The van der Waals surface area contributed by atoms with Crippen molar-refractivity contribution in [1.82, 2.24) is 25.1 Å². The first-order valence-electron chi connectivity index (χ1n) is 12.0. The second-order valence-corrected chi connectivity index (χ2v) is 13.7. The lowest BCUT2D eigenvalue weighted by molar-refractivity contribution is 0.242. The summed E-state index contributed by atoms with van der Waals surface area (Å²) in [4.78, 5) is 13.7. The maximum Gasteiger partial charge on any atom is 0.248 e. The summed E-state index contributed by atoms with van der Waals surface area (Å²) < 4.78 is 46.9. The normalized spacial score (nSPS) is 22.8. The van der Waals surface area contributed by atoms with E-state index in [1.54, 1.807) is 12.3 Å². The first-order chi connectivity index (χ1) is 17.9. The molecule has 0 amide bonds. The second kappa shape index (κ2) is 8.38. The third-order valence-corrected chi connectivity index (χ3v) is 9.16. The van der Waals surface area contributed by atoms with Gasteiger partial charge in [0.1, 0.15) is 23.0 Å². The van der Waals surface area contributed by atoms with Gasteiger partial charge in [0.25, 0.3) is 0 Å². The molecule has 11 heteroatoms. The summed E-state index contributed by atoms with van der Waals surface area (Å²) in [6, 6.07) is 5.50. The van der Waals surface area contributed by atoms with Gasteiger partial charge in [-0.05, 0) is 74.9 Å². The lowest BCUT2D eigenvalue weighted by atomic mass is 9.66. The quantitative estimate of drug-likeness (QED) is 0.297. The van der Waals surface area contributed by atoms with Crippen molar-refractivity contribution in [2.45, 2.75) is 43.8 Å². The van der Waals surface area contributed by atoms with Gasteiger partial charge in [0.2, 0.25) is 11.1 Å². The van der Waals surface area contributed by atoms with Crippen molar-refractivity contribution in [3.05, 3.63) is 76.2 Å². The molecule has 1 aromatic carbocycles. The summed E-state index contributed by atoms with van der Waals surface area (Å²) in [5.74, 6) is 2.62. The molecular formula is C27H24ClF2N5O2S. The molecule has 3 atom stereocenters. The monoisotopic (exact) mass is 555 g/mol. The number of rotatable bonds is 5. The predicted octanol–water partition coefficient (Wildman–Crippen LogP) is 5.57. The summed E-state index contributed by atoms with van der Waals surface area (Å²) in [6.07, 6.45) is 6.37. The van der Waals surface area contributed by atoms with Gasteiger partial charge in [-0.15, -0.1) is 5.10 Å². The molecule has 1 unspecified atom stereocenters. The largest absolute Gasteiger partial charge is 0.423 e. The highest BCUT2D eigenvalue weighted by Crippen LogP contribution is 2.69. The number of aromatic nitrogens is 5. The van der Waals surface area contributed by atoms with Crippen LogP contribution >= 0.6 is 11.6 Å². The van der Waals surface area contributed by atoms with Crippen molar-refractivity contribution in [3.8, 4) is 22.8 Å². The van der Waals surface area contributed by atoms with E-state index in [9.17, 15) is 13.0 Å². The van der Waals surface area contributed by atoms with Crippen molar-refractivity contribution in [2.24, 2.45) is 5.41 Å². The van der Waals surface area contributed by atoms with Crippen LogP contribution in [0.5, 0.6) is 0 Å². The first-order valence-corrected chi connectivity index (χ1v) is 14.7. The molecule has 7 nitrogen and oxygen atoms in total. The van der Waals surface area contributed by atoms with Crippen LogP contribution in [0.25, 0.3) is 22.8 Å². The van der Waals surface area contributed by atoms with Crippen molar-refractivity contribution >= 4 is 27.0 Å². The highest BCUT2D eigenvalue weighted by molar-refractivity contribution is 7.98. The van der Waals surface area contributed by atoms with Gasteiger partial charge >= 0.3 is 0 Å². The third kappa shape index (κ3) is 3.60. The summed E-state index contributed by atoms with van der Waals surface area (Å²) in [5, 5.41) is 8.86. The van der Waals surface area contributed by atoms with Gasteiger partial charge in [0, 0.05) is 12.5 Å². The number of benzene rings is 1. The van der Waals surface area contributed by atoms with E-state index in [1.807, 2.05) is 0 Å². The van der Waals surface area contributed by atoms with Crippen LogP contribution < -0.4 is 0 Å². The standard InChI is InChI=1S/C27H24ClF2N5O2S/c1-26(2)15-8-9-27(26,23-14(15)10-18(34-35-23)22-16(29)6-5-7-17(22)30)21-12-31-11-19(32-21)25-33-20(24(28)37-25)13-38(3,4)36/h5-7,10-12,15H,3,8-9,13H2,1-2,4H3/t15-,27-,38?/m0/s1. The zero-order valence-corrected chi connectivity index (χ0v) is 22.5. The van der Waals surface area contributed by atoms with Crippen LogP contribution in [0, 0.1) is 17.0 Å². The molecule has 3 heterocycles. The van der Waals surface area contributed by atoms with Crippen molar-refractivity contribution < 1.29 is 17.4 Å². The molecule has 1 fully saturated rings. The fourth-order valence-corrected chi connectivity index (χ4v) is 7.29. The Morgan fingerprint density at radius 3 is 2.61 bits per heavy atom. The van der Waals surface area contributed by atoms with E-state index in [-0.39, 0.29) is 39.5 Å². The summed E-state index contributed by atoms with van der Waals surface area (Å²) in [6.45, 7) is 4.30. The fourth-order valence-electron chi connectivity index (χ4n) is 6.25. The number of hydrogen-bond acceptors (Lipinski definition) is 7. The molecule has 38 heavy (non-hydrogen) atoms. The number of nitrogens with zero attached hydrogens (tertiary/aromatic N) is 5. The Hall–Kier alpha value is -3.24. The van der Waals surface area contributed by atoms with Gasteiger partial charge in [-0.1, -0.05) is 19.9 Å². The molecule has 0 N–H and O–H groups in total. The molecule has 3 aromatic heterocycles. The molecule has 2 aliphatic rings. The smallest absolute Gasteiger partial charge is 0.248 e. The van der Waals surface area contributed by atoms with Gasteiger partial charge in [-0.25, -0.2) is 18.7 Å². The van der Waals surface area contributed by atoms with Crippen molar-refractivity contribution in [3.63, 3.8) is 0 Å². The summed E-state index contributed by atoms with van der Waals surface area (Å²) in [7, 11) is -2.38. The van der Waals surface area contributed by atoms with Gasteiger partial charge in [-0.3, -0.25) is 9.19 Å². The minimum absolute atomic E-state index is 0.0369. The van der Waals surface area contributed by atoms with E-state index in [4.69, 9.17) is 21.0 Å². The molecule has 0 spiro atoms. The van der Waals surface area contributed by atoms with Gasteiger partial charge in [0.15, 0.2) is 0 Å². The lowest BCUT2D eigenvalue weighted by Crippen LogP contribution is -2.38. The van der Waals surface area contributed by atoms with Crippen molar-refractivity contribution in [1.29, 1.82) is 0 Å². The molecular weight excluding hydrogens is 532 g/mol. The maximum atomic E-state index is 14.5. The molecule has 0 radical (unpaired) electrons. The second-order valence-electron chi connectivity index (χ2n) is 10.7. The van der Waals surface area contributed by atoms with Gasteiger partial charge in [-0.2, -0.15) is 5.10 Å². The van der Waals surface area contributed by atoms with Crippen LogP contribution in [-0.4, -0.2) is 41.5 Å². The van der Waals surface area contributed by atoms with Crippen LogP contribution in [0.4, 0.5) is 8.78 Å². The zero-order chi connectivity index (χ0) is 27.0. The van der Waals surface area contributed by atoms with E-state index in [1.165, 1.54) is 30.7 Å². The zero-order valence-electron chi connectivity index (χ0n) is 21.0. The Bertz CT molecular complexity index is 1700. The van der Waals surface area contributed by atoms with Gasteiger partial charge < -0.3 is 4.42 Å². The predicted molar refractivity (Wildman–Crippen MR) is 141 cm³/mol. The van der Waals surface area contributed by atoms with Crippen LogP contribution in [0.1, 0.15) is 55.3 Å². The van der Waals surface area contributed by atoms with Crippen LogP contribution in [0.3, 0.4) is 0 Å². The Morgan fingerprint density at radius 1 is 1.16 bits per heavy atom. The molecule has 0 saturated heterocycles. The van der Waals surface area contributed by atoms with Crippen LogP contribution in [0.2, 0.25) is 5.22 Å². The molecule has 196 valence electrons.